The fraction of sp³-hybridized carbons (Fsp3) is 0.350. The zero-order valence-electron chi connectivity index (χ0n) is 16.0. The predicted molar refractivity (Wildman–Crippen MR) is 98.4 cm³/mol. The quantitative estimate of drug-likeness (QED) is 0.591. The first-order valence-electron chi connectivity index (χ1n) is 8.55. The maximum Gasteiger partial charge on any atom is 0.339 e. The predicted octanol–water partition coefficient (Wildman–Crippen LogP) is 3.25. The molecule has 0 saturated carbocycles. The maximum absolute atomic E-state index is 12.8. The minimum atomic E-state index is -0.829. The highest BCUT2D eigenvalue weighted by atomic mass is 16.5. The van der Waals surface area contributed by atoms with Crippen molar-refractivity contribution in [2.45, 2.75) is 33.8 Å². The number of nitrogens with one attached hydrogen (secondary N) is 1. The highest BCUT2D eigenvalue weighted by Crippen LogP contribution is 2.22. The summed E-state index contributed by atoms with van der Waals surface area (Å²) in [6, 6.07) is 6.43. The first-order chi connectivity index (χ1) is 12.8. The van der Waals surface area contributed by atoms with Crippen molar-refractivity contribution in [3.8, 4) is 5.75 Å². The van der Waals surface area contributed by atoms with Crippen LogP contribution in [0.3, 0.4) is 0 Å². The molecule has 0 aliphatic heterocycles. The third kappa shape index (κ3) is 4.36. The Balaban J connectivity index is 2.21. The number of aromatic amines is 1. The summed E-state index contributed by atoms with van der Waals surface area (Å²) in [5.74, 6) is -0.903. The van der Waals surface area contributed by atoms with E-state index >= 15 is 0 Å². The van der Waals surface area contributed by atoms with Gasteiger partial charge in [-0.25, -0.2) is 9.59 Å². The van der Waals surface area contributed by atoms with Gasteiger partial charge >= 0.3 is 11.9 Å². The summed E-state index contributed by atoms with van der Waals surface area (Å²) in [4.78, 5) is 39.4. The van der Waals surface area contributed by atoms with Gasteiger partial charge in [-0.1, -0.05) is 6.07 Å². The number of aromatic nitrogens is 1. The number of hydrogen-bond acceptors (Lipinski definition) is 6. The summed E-state index contributed by atoms with van der Waals surface area (Å²) >= 11 is 0. The monoisotopic (exact) mass is 373 g/mol. The molecule has 144 valence electrons. The summed E-state index contributed by atoms with van der Waals surface area (Å²) in [6.07, 6.45) is -0.829. The number of rotatable bonds is 7. The molecule has 0 radical (unpaired) electrons. The molecule has 0 saturated heterocycles. The number of Topliss-reactive ketones (excluding diaryl/α,β-unsaturated/α-hetero) is 1. The molecule has 1 atom stereocenters. The molecule has 7 heteroatoms. The van der Waals surface area contributed by atoms with Crippen LogP contribution in [0.4, 0.5) is 0 Å². The van der Waals surface area contributed by atoms with Gasteiger partial charge in [0.05, 0.1) is 30.5 Å². The van der Waals surface area contributed by atoms with Crippen molar-refractivity contribution in [3.63, 3.8) is 0 Å². The Hall–Kier alpha value is -3.09. The summed E-state index contributed by atoms with van der Waals surface area (Å²) in [6.45, 7) is 6.98. The van der Waals surface area contributed by atoms with Gasteiger partial charge < -0.3 is 19.2 Å². The largest absolute Gasteiger partial charge is 0.482 e. The van der Waals surface area contributed by atoms with Crippen molar-refractivity contribution in [1.82, 2.24) is 4.98 Å². The number of esters is 2. The van der Waals surface area contributed by atoms with Crippen LogP contribution in [0.25, 0.3) is 0 Å². The number of ketones is 1. The average molecular weight is 373 g/mol. The van der Waals surface area contributed by atoms with E-state index in [0.717, 1.165) is 0 Å². The normalized spacial score (nSPS) is 11.6. The van der Waals surface area contributed by atoms with Gasteiger partial charge in [0.1, 0.15) is 5.75 Å². The van der Waals surface area contributed by atoms with E-state index in [2.05, 4.69) is 4.98 Å². The molecular formula is C20H23NO6. The average Bonchev–Trinajstić information content (AvgIpc) is 2.95. The number of benzene rings is 1. The second kappa shape index (κ2) is 8.53. The molecule has 1 aromatic heterocycles. The Labute approximate surface area is 157 Å². The number of carbonyl (C=O) groups excluding carboxylic acids is 3. The second-order valence-electron chi connectivity index (χ2n) is 5.99. The van der Waals surface area contributed by atoms with Crippen LogP contribution >= 0.6 is 0 Å². The van der Waals surface area contributed by atoms with Gasteiger partial charge in [0.2, 0.25) is 5.78 Å². The molecule has 1 N–H and O–H groups in total. The summed E-state index contributed by atoms with van der Waals surface area (Å²) in [5, 5.41) is 0. The van der Waals surface area contributed by atoms with E-state index in [1.165, 1.54) is 13.2 Å². The fourth-order valence-electron chi connectivity index (χ4n) is 2.78. The second-order valence-corrected chi connectivity index (χ2v) is 5.99. The van der Waals surface area contributed by atoms with E-state index in [1.807, 2.05) is 0 Å². The molecule has 1 heterocycles. The van der Waals surface area contributed by atoms with E-state index in [1.54, 1.807) is 45.9 Å². The molecule has 0 fully saturated rings. The van der Waals surface area contributed by atoms with Crippen molar-refractivity contribution < 1.29 is 28.6 Å². The lowest BCUT2D eigenvalue weighted by molar-refractivity contribution is 0.0524. The van der Waals surface area contributed by atoms with Gasteiger partial charge in [-0.3, -0.25) is 4.79 Å². The molecule has 0 aliphatic rings. The van der Waals surface area contributed by atoms with Crippen molar-refractivity contribution in [2.75, 3.05) is 13.7 Å². The highest BCUT2D eigenvalue weighted by molar-refractivity contribution is 6.03. The van der Waals surface area contributed by atoms with Crippen molar-refractivity contribution >= 4 is 17.7 Å². The lowest BCUT2D eigenvalue weighted by Gasteiger charge is -2.14. The van der Waals surface area contributed by atoms with E-state index in [-0.39, 0.29) is 12.4 Å². The molecule has 0 bridgehead atoms. The van der Waals surface area contributed by atoms with Crippen LogP contribution in [0.5, 0.6) is 5.75 Å². The van der Waals surface area contributed by atoms with Crippen LogP contribution in [0.1, 0.15) is 56.3 Å². The highest BCUT2D eigenvalue weighted by Gasteiger charge is 2.26. The summed E-state index contributed by atoms with van der Waals surface area (Å²) < 4.78 is 15.4. The molecule has 2 aromatic rings. The van der Waals surface area contributed by atoms with E-state index in [9.17, 15) is 14.4 Å². The van der Waals surface area contributed by atoms with Crippen molar-refractivity contribution in [2.24, 2.45) is 0 Å². The molecule has 1 aromatic carbocycles. The number of ether oxygens (including phenoxy) is 3. The Morgan fingerprint density at radius 2 is 1.85 bits per heavy atom. The molecule has 0 aliphatic carbocycles. The zero-order valence-corrected chi connectivity index (χ0v) is 16.0. The molecular weight excluding hydrogens is 350 g/mol. The van der Waals surface area contributed by atoms with Crippen LogP contribution in [0, 0.1) is 13.8 Å². The number of carbonyl (C=O) groups is 3. The van der Waals surface area contributed by atoms with Crippen LogP contribution in [0.15, 0.2) is 24.3 Å². The van der Waals surface area contributed by atoms with Gasteiger partial charge in [0, 0.05) is 5.69 Å². The smallest absolute Gasteiger partial charge is 0.339 e. The third-order valence-corrected chi connectivity index (χ3v) is 4.10. The Morgan fingerprint density at radius 3 is 2.48 bits per heavy atom. The van der Waals surface area contributed by atoms with Gasteiger partial charge in [-0.2, -0.15) is 0 Å². The van der Waals surface area contributed by atoms with E-state index < -0.39 is 18.0 Å². The summed E-state index contributed by atoms with van der Waals surface area (Å²) in [5.41, 5.74) is 2.05. The zero-order chi connectivity index (χ0) is 20.1. The number of methoxy groups -OCH3 is 1. The first kappa shape index (κ1) is 20.2. The van der Waals surface area contributed by atoms with E-state index in [4.69, 9.17) is 14.2 Å². The first-order valence-corrected chi connectivity index (χ1v) is 8.55. The molecule has 27 heavy (non-hydrogen) atoms. The SMILES string of the molecule is CCOC(=O)c1cccc(O[C@H](C)C(=O)c2[nH]c(C)c(C(=O)OC)c2C)c1. The molecule has 0 unspecified atom stereocenters. The number of aryl methyl sites for hydroxylation is 1. The van der Waals surface area contributed by atoms with Gasteiger partial charge in [0.15, 0.2) is 6.10 Å². The number of H-pyrrole nitrogens is 1. The lowest BCUT2D eigenvalue weighted by atomic mass is 10.1. The molecule has 0 spiro atoms. The molecule has 0 amide bonds. The van der Waals surface area contributed by atoms with Gasteiger partial charge in [0.25, 0.3) is 0 Å². The van der Waals surface area contributed by atoms with Gasteiger partial charge in [-0.15, -0.1) is 0 Å². The molecule has 2 rings (SSSR count). The maximum atomic E-state index is 12.8. The molecule has 7 nitrogen and oxygen atoms in total. The summed E-state index contributed by atoms with van der Waals surface area (Å²) in [7, 11) is 1.29. The minimum Gasteiger partial charge on any atom is -0.482 e. The Bertz CT molecular complexity index is 867. The van der Waals surface area contributed by atoms with Crippen molar-refractivity contribution in [3.05, 3.63) is 52.3 Å². The van der Waals surface area contributed by atoms with Crippen LogP contribution in [-0.2, 0) is 9.47 Å². The Kier molecular flexibility index (Phi) is 6.39. The van der Waals surface area contributed by atoms with Gasteiger partial charge in [-0.05, 0) is 51.5 Å². The third-order valence-electron chi connectivity index (χ3n) is 4.10. The topological polar surface area (TPSA) is 94.7 Å². The minimum absolute atomic E-state index is 0.271. The van der Waals surface area contributed by atoms with Crippen LogP contribution < -0.4 is 4.74 Å². The standard InChI is InChI=1S/C20H23NO6/c1-6-26-19(23)14-8-7-9-15(10-14)27-13(4)18(22)17-11(2)16(12(3)21-17)20(24)25-5/h7-10,13,21H,6H2,1-5H3/t13-/m1/s1. The van der Waals surface area contributed by atoms with Crippen molar-refractivity contribution in [1.29, 1.82) is 0 Å². The van der Waals surface area contributed by atoms with Crippen LogP contribution in [0.2, 0.25) is 0 Å². The van der Waals surface area contributed by atoms with Crippen LogP contribution in [-0.4, -0.2) is 42.5 Å². The lowest BCUT2D eigenvalue weighted by Crippen LogP contribution is -2.25. The van der Waals surface area contributed by atoms with E-state index in [0.29, 0.717) is 33.8 Å². The Morgan fingerprint density at radius 1 is 1.15 bits per heavy atom. The number of hydrogen-bond donors (Lipinski definition) is 1. The fourth-order valence-corrected chi connectivity index (χ4v) is 2.78.